The van der Waals surface area contributed by atoms with Gasteiger partial charge in [-0.3, -0.25) is 0 Å². The third kappa shape index (κ3) is 6.14. The molecule has 21 heteroatoms. The van der Waals surface area contributed by atoms with Gasteiger partial charge in [-0.2, -0.15) is 23.3 Å². The zero-order chi connectivity index (χ0) is 36.4. The first-order valence-corrected chi connectivity index (χ1v) is 11.5. The molecule has 0 aliphatic rings. The van der Waals surface area contributed by atoms with Gasteiger partial charge in [0.25, 0.3) is 0 Å². The van der Waals surface area contributed by atoms with Crippen molar-refractivity contribution >= 4 is 11.1 Å². The molecule has 0 aliphatic heterocycles. The van der Waals surface area contributed by atoms with E-state index in [1.165, 1.54) is 0 Å². The minimum Gasteiger partial charge on any atom is -0.250 e. The first-order valence-electron chi connectivity index (χ1n) is 11.5. The van der Waals surface area contributed by atoms with Crippen molar-refractivity contribution in [2.24, 2.45) is 0 Å². The third-order valence-corrected chi connectivity index (χ3v) is 6.09. The van der Waals surface area contributed by atoms with Crippen LogP contribution in [0.5, 0.6) is 0 Å². The molecule has 0 aliphatic carbocycles. The Morgan fingerprint density at radius 2 is 0.367 bits per heavy atom. The number of allylic oxidation sites excluding steroid dienone is 2. The molecule has 4 aromatic rings. The standard InChI is InChI=1S/C28F20.Zr/c29-9-5(10(30)18(38)25(45)17(9)37)1-3(7-13(33)21(41)27(47)22(42)14(7)34)4(8-15(35)23(43)28(48)24(44)16(8)36)2-6-11(31)19(39)26(46)20(40)12(6)32;/q-2;+2. The molecule has 0 bridgehead atoms. The van der Waals surface area contributed by atoms with Crippen LogP contribution in [0.15, 0.2) is 0 Å². The van der Waals surface area contributed by atoms with Crippen molar-refractivity contribution in [3.05, 3.63) is 151 Å². The molecular formula is C28F20Zr. The fourth-order valence-corrected chi connectivity index (χ4v) is 3.83. The van der Waals surface area contributed by atoms with Crippen molar-refractivity contribution in [2.45, 2.75) is 0 Å². The summed E-state index contributed by atoms with van der Waals surface area (Å²) < 4.78 is 286. The van der Waals surface area contributed by atoms with E-state index >= 15 is 17.6 Å². The number of hydrogen-bond donors (Lipinski definition) is 0. The molecule has 0 spiro atoms. The van der Waals surface area contributed by atoms with Crippen LogP contribution in [0.1, 0.15) is 22.3 Å². The van der Waals surface area contributed by atoms with Gasteiger partial charge in [0.05, 0.1) is 0 Å². The second-order valence-corrected chi connectivity index (χ2v) is 8.78. The summed E-state index contributed by atoms with van der Waals surface area (Å²) in [5.74, 6) is -62.5. The second-order valence-electron chi connectivity index (χ2n) is 8.78. The summed E-state index contributed by atoms with van der Waals surface area (Å²) in [7, 11) is 0. The van der Waals surface area contributed by atoms with E-state index in [4.69, 9.17) is 0 Å². The molecular weight excluding hydrogens is 807 g/mol. The van der Waals surface area contributed by atoms with Gasteiger partial charge in [-0.1, -0.05) is 11.1 Å². The smallest absolute Gasteiger partial charge is 0.250 e. The van der Waals surface area contributed by atoms with Gasteiger partial charge < -0.3 is 0 Å². The summed E-state index contributed by atoms with van der Waals surface area (Å²) in [6.07, 6.45) is 1.42. The van der Waals surface area contributed by atoms with E-state index in [0.29, 0.717) is 12.2 Å². The van der Waals surface area contributed by atoms with Crippen molar-refractivity contribution < 1.29 is 114 Å². The number of hydrogen-bond acceptors (Lipinski definition) is 0. The SMILES string of the molecule is Fc1c(F)c(F)c([C-]=C(C(=[C-]c2c(F)c(F)c(F)c(F)c2F)c2c(F)c(F)c(F)c(F)c2F)c2c(F)c(F)c(F)c(F)c2F)c(F)c1F.[Zr+2]. The van der Waals surface area contributed by atoms with Gasteiger partial charge in [-0.25, -0.2) is 87.8 Å². The van der Waals surface area contributed by atoms with Crippen LogP contribution in [0.4, 0.5) is 87.8 Å². The van der Waals surface area contributed by atoms with Crippen LogP contribution in [0.25, 0.3) is 11.1 Å². The maximum Gasteiger partial charge on any atom is 2.00 e. The largest absolute Gasteiger partial charge is 2.00 e. The molecule has 4 rings (SSSR count). The minimum absolute atomic E-state index is 0. The zero-order valence-electron chi connectivity index (χ0n) is 22.1. The minimum atomic E-state index is -3.24. The Kier molecular flexibility index (Phi) is 11.2. The monoisotopic (exact) mass is 806 g/mol. The maximum absolute atomic E-state index is 15.0. The summed E-state index contributed by atoms with van der Waals surface area (Å²) in [5, 5.41) is 0. The number of halogens is 20. The van der Waals surface area contributed by atoms with Crippen molar-refractivity contribution in [1.82, 2.24) is 0 Å². The molecule has 49 heavy (non-hydrogen) atoms. The van der Waals surface area contributed by atoms with Crippen molar-refractivity contribution in [1.29, 1.82) is 0 Å². The van der Waals surface area contributed by atoms with E-state index in [1.54, 1.807) is 0 Å². The maximum atomic E-state index is 15.0. The molecule has 0 aromatic heterocycles. The topological polar surface area (TPSA) is 0 Å². The molecule has 0 nitrogen and oxygen atoms in total. The van der Waals surface area contributed by atoms with Crippen LogP contribution in [0, 0.1) is 128 Å². The van der Waals surface area contributed by atoms with Gasteiger partial charge in [0.15, 0.2) is 69.8 Å². The molecule has 0 fully saturated rings. The van der Waals surface area contributed by atoms with Crippen LogP contribution in [0.2, 0.25) is 0 Å². The zero-order valence-corrected chi connectivity index (χ0v) is 24.5. The normalized spacial score (nSPS) is 12.2. The van der Waals surface area contributed by atoms with Crippen molar-refractivity contribution in [3.63, 3.8) is 0 Å². The quantitative estimate of drug-likeness (QED) is 0.0471. The van der Waals surface area contributed by atoms with E-state index in [2.05, 4.69) is 0 Å². The van der Waals surface area contributed by atoms with Gasteiger partial charge in [-0.15, -0.1) is 0 Å². The van der Waals surface area contributed by atoms with E-state index in [1.807, 2.05) is 0 Å². The van der Waals surface area contributed by atoms with Gasteiger partial charge in [-0.05, 0) is 11.1 Å². The predicted octanol–water partition coefficient (Wildman–Crippen LogP) is 9.64. The van der Waals surface area contributed by atoms with Crippen LogP contribution in [-0.4, -0.2) is 0 Å². The molecule has 0 heterocycles. The average Bonchev–Trinajstić information content (AvgIpc) is 3.06. The van der Waals surface area contributed by atoms with E-state index in [-0.39, 0.29) is 26.2 Å². The molecule has 0 amide bonds. The second kappa shape index (κ2) is 14.0. The molecule has 0 unspecified atom stereocenters. The first-order chi connectivity index (χ1) is 22.2. The van der Waals surface area contributed by atoms with Crippen LogP contribution < -0.4 is 0 Å². The van der Waals surface area contributed by atoms with Crippen LogP contribution in [0.3, 0.4) is 0 Å². The molecule has 256 valence electrons. The summed E-state index contributed by atoms with van der Waals surface area (Å²) in [5.41, 5.74) is -16.7. The number of benzene rings is 4. The van der Waals surface area contributed by atoms with E-state index < -0.39 is 150 Å². The Morgan fingerprint density at radius 3 is 0.551 bits per heavy atom. The fraction of sp³-hybridized carbons (Fsp3) is 0. The Bertz CT molecular complexity index is 1870. The summed E-state index contributed by atoms with van der Waals surface area (Å²) in [4.78, 5) is 0. The number of rotatable bonds is 5. The van der Waals surface area contributed by atoms with Crippen LogP contribution >= 0.6 is 0 Å². The molecule has 0 saturated heterocycles. The summed E-state index contributed by atoms with van der Waals surface area (Å²) >= 11 is 0. The van der Waals surface area contributed by atoms with Crippen LogP contribution in [-0.2, 0) is 26.2 Å². The van der Waals surface area contributed by atoms with E-state index in [9.17, 15) is 70.2 Å². The Hall–Kier alpha value is -4.16. The van der Waals surface area contributed by atoms with Crippen molar-refractivity contribution in [3.8, 4) is 0 Å². The molecule has 4 aromatic carbocycles. The molecule has 0 N–H and O–H groups in total. The summed E-state index contributed by atoms with van der Waals surface area (Å²) in [6, 6.07) is 0. The van der Waals surface area contributed by atoms with E-state index in [0.717, 1.165) is 0 Å². The van der Waals surface area contributed by atoms with Crippen molar-refractivity contribution in [2.75, 3.05) is 0 Å². The Balaban J connectivity index is 0.00000650. The van der Waals surface area contributed by atoms with Gasteiger partial charge >= 0.3 is 26.2 Å². The molecule has 0 saturated carbocycles. The Morgan fingerprint density at radius 1 is 0.224 bits per heavy atom. The van der Waals surface area contributed by atoms with Gasteiger partial charge in [0.2, 0.25) is 0 Å². The fourth-order valence-electron chi connectivity index (χ4n) is 3.83. The Labute approximate surface area is 275 Å². The van der Waals surface area contributed by atoms with Gasteiger partial charge in [0, 0.05) is 0 Å². The average molecular weight is 807 g/mol. The third-order valence-electron chi connectivity index (χ3n) is 6.09. The predicted molar refractivity (Wildman–Crippen MR) is 116 cm³/mol. The van der Waals surface area contributed by atoms with Gasteiger partial charge in [0.1, 0.15) is 46.5 Å². The molecule has 0 radical (unpaired) electrons. The first kappa shape index (κ1) is 39.3. The molecule has 0 atom stereocenters. The summed E-state index contributed by atoms with van der Waals surface area (Å²) in [6.45, 7) is 0.